The van der Waals surface area contributed by atoms with E-state index in [1.54, 1.807) is 0 Å². The maximum Gasteiger partial charge on any atom is 0.240 e. The highest BCUT2D eigenvalue weighted by atomic mass is 35.5. The van der Waals surface area contributed by atoms with E-state index in [9.17, 15) is 4.79 Å². The molecule has 3 nitrogen and oxygen atoms in total. The number of amides is 1. The molecular formula is C25H27ClN2O. The van der Waals surface area contributed by atoms with Gasteiger partial charge in [0.2, 0.25) is 5.91 Å². The summed E-state index contributed by atoms with van der Waals surface area (Å²) in [6.07, 6.45) is 2.08. The third-order valence-corrected chi connectivity index (χ3v) is 5.44. The molecule has 0 atom stereocenters. The van der Waals surface area contributed by atoms with Crippen molar-refractivity contribution >= 4 is 24.0 Å². The Morgan fingerprint density at radius 2 is 1.45 bits per heavy atom. The van der Waals surface area contributed by atoms with Crippen LogP contribution in [0, 0.1) is 0 Å². The van der Waals surface area contributed by atoms with Gasteiger partial charge in [0.05, 0.1) is 6.54 Å². The molecule has 29 heavy (non-hydrogen) atoms. The van der Waals surface area contributed by atoms with Crippen molar-refractivity contribution in [3.8, 4) is 0 Å². The molecule has 1 aliphatic heterocycles. The summed E-state index contributed by atoms with van der Waals surface area (Å²) in [6, 6.07) is 29.2. The van der Waals surface area contributed by atoms with Crippen molar-refractivity contribution in [1.82, 2.24) is 5.32 Å². The van der Waals surface area contributed by atoms with Crippen molar-refractivity contribution < 1.29 is 4.79 Å². The van der Waals surface area contributed by atoms with E-state index in [-0.39, 0.29) is 24.2 Å². The summed E-state index contributed by atoms with van der Waals surface area (Å²) in [5, 5.41) is 3.42. The molecule has 0 radical (unpaired) electrons. The molecule has 0 spiro atoms. The van der Waals surface area contributed by atoms with Gasteiger partial charge in [-0.2, -0.15) is 0 Å². The summed E-state index contributed by atoms with van der Waals surface area (Å²) < 4.78 is 0. The predicted octanol–water partition coefficient (Wildman–Crippen LogP) is 4.81. The highest BCUT2D eigenvalue weighted by Crippen LogP contribution is 2.27. The number of nitrogens with zero attached hydrogens (tertiary/aromatic N) is 1. The van der Waals surface area contributed by atoms with E-state index >= 15 is 0 Å². The number of anilines is 1. The van der Waals surface area contributed by atoms with Crippen LogP contribution in [0.1, 0.15) is 29.0 Å². The smallest absolute Gasteiger partial charge is 0.240 e. The maximum absolute atomic E-state index is 12.9. The average molecular weight is 407 g/mol. The number of halogens is 1. The lowest BCUT2D eigenvalue weighted by Crippen LogP contribution is -2.42. The van der Waals surface area contributed by atoms with Crippen molar-refractivity contribution in [3.05, 3.63) is 102 Å². The first-order valence-electron chi connectivity index (χ1n) is 10.0. The lowest BCUT2D eigenvalue weighted by Gasteiger charge is -2.30. The Balaban J connectivity index is 0.00000240. The Kier molecular flexibility index (Phi) is 7.45. The summed E-state index contributed by atoms with van der Waals surface area (Å²) in [4.78, 5) is 14.8. The van der Waals surface area contributed by atoms with Gasteiger partial charge in [0, 0.05) is 24.7 Å². The van der Waals surface area contributed by atoms with Gasteiger partial charge in [0.1, 0.15) is 0 Å². The average Bonchev–Trinajstić information content (AvgIpc) is 2.77. The Morgan fingerprint density at radius 3 is 2.10 bits per heavy atom. The molecule has 0 bridgehead atoms. The topological polar surface area (TPSA) is 32.3 Å². The number of carbonyl (C=O) groups excluding carboxylic acids is 1. The molecule has 1 N–H and O–H groups in total. The first-order valence-corrected chi connectivity index (χ1v) is 10.0. The Bertz CT molecular complexity index is 875. The zero-order valence-corrected chi connectivity index (χ0v) is 17.3. The summed E-state index contributed by atoms with van der Waals surface area (Å²) in [5.74, 6) is 0.371. The van der Waals surface area contributed by atoms with Crippen molar-refractivity contribution in [2.45, 2.75) is 18.8 Å². The maximum atomic E-state index is 12.9. The van der Waals surface area contributed by atoms with Crippen LogP contribution < -0.4 is 10.2 Å². The number of benzene rings is 3. The van der Waals surface area contributed by atoms with E-state index in [1.807, 2.05) is 23.1 Å². The molecule has 0 saturated heterocycles. The molecule has 0 aromatic heterocycles. The van der Waals surface area contributed by atoms with Gasteiger partial charge in [-0.3, -0.25) is 4.79 Å². The Labute approximate surface area is 179 Å². The van der Waals surface area contributed by atoms with E-state index in [0.29, 0.717) is 6.54 Å². The number of para-hydroxylation sites is 1. The normalized spacial score (nSPS) is 12.9. The first-order chi connectivity index (χ1) is 13.8. The van der Waals surface area contributed by atoms with Crippen LogP contribution in [-0.4, -0.2) is 25.5 Å². The fourth-order valence-corrected chi connectivity index (χ4v) is 4.01. The molecule has 0 fully saturated rings. The zero-order valence-electron chi connectivity index (χ0n) is 16.5. The lowest BCUT2D eigenvalue weighted by molar-refractivity contribution is -0.117. The van der Waals surface area contributed by atoms with Gasteiger partial charge in [-0.15, -0.1) is 12.4 Å². The van der Waals surface area contributed by atoms with Crippen LogP contribution in [0.4, 0.5) is 5.69 Å². The summed E-state index contributed by atoms with van der Waals surface area (Å²) in [6.45, 7) is 1.89. The van der Waals surface area contributed by atoms with E-state index in [0.717, 1.165) is 31.6 Å². The fraction of sp³-hybridized carbons (Fsp3) is 0.240. The molecular weight excluding hydrogens is 380 g/mol. The molecule has 0 saturated carbocycles. The number of hydrogen-bond donors (Lipinski definition) is 1. The number of nitrogens with one attached hydrogen (secondary N) is 1. The van der Waals surface area contributed by atoms with Gasteiger partial charge in [-0.05, 0) is 35.6 Å². The molecule has 150 valence electrons. The van der Waals surface area contributed by atoms with E-state index in [1.165, 1.54) is 16.7 Å². The molecule has 1 amide bonds. The number of carbonyl (C=O) groups is 1. The highest BCUT2D eigenvalue weighted by Gasteiger charge is 2.22. The van der Waals surface area contributed by atoms with Crippen LogP contribution in [0.2, 0.25) is 0 Å². The second-order valence-corrected chi connectivity index (χ2v) is 7.28. The standard InChI is InChI=1S/C25H26N2O.ClH/c28-25(27-17-9-15-22-14-7-8-16-24(22)27)19-26-18-23(20-10-3-1-4-11-20)21-12-5-2-6-13-21;/h1-8,10-14,16,23,26H,9,15,17-19H2;1H. The van der Waals surface area contributed by atoms with Crippen LogP contribution in [0.3, 0.4) is 0 Å². The lowest BCUT2D eigenvalue weighted by atomic mass is 9.91. The first kappa shape index (κ1) is 21.1. The van der Waals surface area contributed by atoms with Crippen LogP contribution >= 0.6 is 12.4 Å². The number of hydrogen-bond acceptors (Lipinski definition) is 2. The summed E-state index contributed by atoms with van der Waals surface area (Å²) in [7, 11) is 0. The SMILES string of the molecule is Cl.O=C(CNCC(c1ccccc1)c1ccccc1)N1CCCc2ccccc21. The number of aryl methyl sites for hydroxylation is 1. The van der Waals surface area contributed by atoms with Crippen LogP contribution in [0.5, 0.6) is 0 Å². The molecule has 3 aromatic rings. The van der Waals surface area contributed by atoms with Gasteiger partial charge >= 0.3 is 0 Å². The number of rotatable bonds is 6. The third kappa shape index (κ3) is 5.06. The largest absolute Gasteiger partial charge is 0.311 e. The highest BCUT2D eigenvalue weighted by molar-refractivity contribution is 5.95. The van der Waals surface area contributed by atoms with Crippen LogP contribution in [0.25, 0.3) is 0 Å². The Hall–Kier alpha value is -2.62. The molecule has 1 heterocycles. The fourth-order valence-electron chi connectivity index (χ4n) is 4.01. The van der Waals surface area contributed by atoms with Gasteiger partial charge in [-0.1, -0.05) is 78.9 Å². The molecule has 4 heteroatoms. The van der Waals surface area contributed by atoms with E-state index < -0.39 is 0 Å². The van der Waals surface area contributed by atoms with Gasteiger partial charge in [0.15, 0.2) is 0 Å². The van der Waals surface area contributed by atoms with Crippen molar-refractivity contribution in [2.75, 3.05) is 24.5 Å². The minimum atomic E-state index is 0. The van der Waals surface area contributed by atoms with Crippen molar-refractivity contribution in [1.29, 1.82) is 0 Å². The van der Waals surface area contributed by atoms with Gasteiger partial charge in [-0.25, -0.2) is 0 Å². The van der Waals surface area contributed by atoms with Crippen LogP contribution in [-0.2, 0) is 11.2 Å². The van der Waals surface area contributed by atoms with Crippen molar-refractivity contribution in [2.24, 2.45) is 0 Å². The summed E-state index contributed by atoms with van der Waals surface area (Å²) in [5.41, 5.74) is 4.87. The van der Waals surface area contributed by atoms with Gasteiger partial charge < -0.3 is 10.2 Å². The van der Waals surface area contributed by atoms with Gasteiger partial charge in [0.25, 0.3) is 0 Å². The molecule has 0 unspecified atom stereocenters. The summed E-state index contributed by atoms with van der Waals surface area (Å²) >= 11 is 0. The van der Waals surface area contributed by atoms with Crippen molar-refractivity contribution in [3.63, 3.8) is 0 Å². The van der Waals surface area contributed by atoms with E-state index in [2.05, 4.69) is 72.0 Å². The number of fused-ring (bicyclic) bond motifs is 1. The second-order valence-electron chi connectivity index (χ2n) is 7.28. The minimum Gasteiger partial charge on any atom is -0.311 e. The third-order valence-electron chi connectivity index (χ3n) is 5.44. The minimum absolute atomic E-state index is 0. The monoisotopic (exact) mass is 406 g/mol. The Morgan fingerprint density at radius 1 is 0.862 bits per heavy atom. The van der Waals surface area contributed by atoms with Crippen LogP contribution in [0.15, 0.2) is 84.9 Å². The molecule has 1 aliphatic rings. The van der Waals surface area contributed by atoms with E-state index in [4.69, 9.17) is 0 Å². The molecule has 4 rings (SSSR count). The zero-order chi connectivity index (χ0) is 19.2. The molecule has 3 aromatic carbocycles. The second kappa shape index (κ2) is 10.2. The molecule has 0 aliphatic carbocycles. The predicted molar refractivity (Wildman–Crippen MR) is 122 cm³/mol. The quantitative estimate of drug-likeness (QED) is 0.637.